The summed E-state index contributed by atoms with van der Waals surface area (Å²) >= 11 is 0. The number of ether oxygens (including phenoxy) is 1. The maximum atomic E-state index is 13.5. The maximum Gasteiger partial charge on any atom is 0.495 e. The van der Waals surface area contributed by atoms with Crippen molar-refractivity contribution in [1.82, 2.24) is 0 Å². The highest BCUT2D eigenvalue weighted by atomic mass is 19.2. The highest BCUT2D eigenvalue weighted by Gasteiger charge is 2.52. The molecule has 1 saturated heterocycles. The predicted molar refractivity (Wildman–Crippen MR) is 68.6 cm³/mol. The molecule has 0 saturated carbocycles. The van der Waals surface area contributed by atoms with Crippen LogP contribution in [0.1, 0.15) is 27.7 Å². The molecule has 1 aromatic carbocycles. The molecule has 104 valence electrons. The molecule has 0 unspecified atom stereocenters. The molecule has 0 N–H and O–H groups in total. The minimum absolute atomic E-state index is 0.162. The first-order valence-electron chi connectivity index (χ1n) is 6.06. The standard InChI is InChI=1S/C13H17BF2O3/c1-12(2)13(3,4)19-14(18-12)8-6-9(15)11(16)10(7-8)17-5/h6-7H,1-5H3. The van der Waals surface area contributed by atoms with Crippen molar-refractivity contribution in [2.75, 3.05) is 7.11 Å². The van der Waals surface area contributed by atoms with Crippen molar-refractivity contribution in [1.29, 1.82) is 0 Å². The summed E-state index contributed by atoms with van der Waals surface area (Å²) in [6.07, 6.45) is 0. The molecular formula is C13H17BF2O3. The van der Waals surface area contributed by atoms with Gasteiger partial charge in [-0.25, -0.2) is 4.39 Å². The lowest BCUT2D eigenvalue weighted by atomic mass is 9.79. The summed E-state index contributed by atoms with van der Waals surface area (Å²) in [6, 6.07) is 2.46. The van der Waals surface area contributed by atoms with Gasteiger partial charge in [0.1, 0.15) is 0 Å². The second kappa shape index (κ2) is 4.46. The lowest BCUT2D eigenvalue weighted by Gasteiger charge is -2.32. The van der Waals surface area contributed by atoms with E-state index in [1.807, 2.05) is 27.7 Å². The van der Waals surface area contributed by atoms with Crippen molar-refractivity contribution < 1.29 is 22.8 Å². The van der Waals surface area contributed by atoms with Crippen LogP contribution >= 0.6 is 0 Å². The molecular weight excluding hydrogens is 253 g/mol. The van der Waals surface area contributed by atoms with Gasteiger partial charge in [0.05, 0.1) is 18.3 Å². The highest BCUT2D eigenvalue weighted by molar-refractivity contribution is 6.62. The fourth-order valence-corrected chi connectivity index (χ4v) is 1.85. The summed E-state index contributed by atoms with van der Waals surface area (Å²) in [5, 5.41) is 0. The van der Waals surface area contributed by atoms with Gasteiger partial charge < -0.3 is 14.0 Å². The molecule has 0 aromatic heterocycles. The van der Waals surface area contributed by atoms with E-state index in [1.54, 1.807) is 0 Å². The lowest BCUT2D eigenvalue weighted by Crippen LogP contribution is -2.41. The van der Waals surface area contributed by atoms with Gasteiger partial charge in [0, 0.05) is 0 Å². The molecule has 1 aromatic rings. The fraction of sp³-hybridized carbons (Fsp3) is 0.538. The Labute approximate surface area is 112 Å². The summed E-state index contributed by atoms with van der Waals surface area (Å²) in [5.74, 6) is -2.16. The smallest absolute Gasteiger partial charge is 0.494 e. The third-order valence-electron chi connectivity index (χ3n) is 3.76. The zero-order valence-electron chi connectivity index (χ0n) is 11.7. The fourth-order valence-electron chi connectivity index (χ4n) is 1.85. The van der Waals surface area contributed by atoms with Crippen LogP contribution < -0.4 is 10.2 Å². The van der Waals surface area contributed by atoms with Crippen molar-refractivity contribution in [2.24, 2.45) is 0 Å². The Morgan fingerprint density at radius 3 is 2.05 bits per heavy atom. The van der Waals surface area contributed by atoms with E-state index < -0.39 is 30.0 Å². The topological polar surface area (TPSA) is 27.7 Å². The summed E-state index contributed by atoms with van der Waals surface area (Å²) in [7, 11) is 0.542. The van der Waals surface area contributed by atoms with Crippen LogP contribution in [0.25, 0.3) is 0 Å². The molecule has 2 rings (SSSR count). The Morgan fingerprint density at radius 2 is 1.58 bits per heavy atom. The Balaban J connectivity index is 2.37. The van der Waals surface area contributed by atoms with Gasteiger partial charge in [-0.2, -0.15) is 4.39 Å². The van der Waals surface area contributed by atoms with Gasteiger partial charge in [0.2, 0.25) is 5.82 Å². The van der Waals surface area contributed by atoms with E-state index in [0.717, 1.165) is 6.07 Å². The van der Waals surface area contributed by atoms with Crippen LogP contribution in [0.2, 0.25) is 0 Å². The van der Waals surface area contributed by atoms with E-state index >= 15 is 0 Å². The zero-order chi connectivity index (χ0) is 14.4. The number of benzene rings is 1. The summed E-state index contributed by atoms with van der Waals surface area (Å²) < 4.78 is 43.2. The zero-order valence-corrected chi connectivity index (χ0v) is 11.7. The molecule has 1 fully saturated rings. The number of methoxy groups -OCH3 is 1. The third kappa shape index (κ3) is 2.34. The van der Waals surface area contributed by atoms with Crippen molar-refractivity contribution >= 4 is 12.6 Å². The monoisotopic (exact) mass is 270 g/mol. The second-order valence-corrected chi connectivity index (χ2v) is 5.61. The normalized spacial score (nSPS) is 20.7. The molecule has 3 nitrogen and oxygen atoms in total. The van der Waals surface area contributed by atoms with Gasteiger partial charge in [-0.05, 0) is 45.3 Å². The molecule has 0 atom stereocenters. The van der Waals surface area contributed by atoms with Crippen LogP contribution in [-0.2, 0) is 9.31 Å². The van der Waals surface area contributed by atoms with E-state index in [9.17, 15) is 8.78 Å². The Morgan fingerprint density at radius 1 is 1.05 bits per heavy atom. The average molecular weight is 270 g/mol. The number of hydrogen-bond donors (Lipinski definition) is 0. The molecule has 0 amide bonds. The van der Waals surface area contributed by atoms with Crippen molar-refractivity contribution in [3.63, 3.8) is 0 Å². The minimum atomic E-state index is -1.01. The van der Waals surface area contributed by atoms with Crippen LogP contribution in [0, 0.1) is 11.6 Å². The quantitative estimate of drug-likeness (QED) is 0.771. The van der Waals surface area contributed by atoms with E-state index in [0.29, 0.717) is 5.46 Å². The summed E-state index contributed by atoms with van der Waals surface area (Å²) in [5.41, 5.74) is -0.666. The van der Waals surface area contributed by atoms with Crippen LogP contribution in [0.5, 0.6) is 5.75 Å². The number of hydrogen-bond acceptors (Lipinski definition) is 3. The van der Waals surface area contributed by atoms with E-state index in [4.69, 9.17) is 14.0 Å². The van der Waals surface area contributed by atoms with Crippen molar-refractivity contribution in [2.45, 2.75) is 38.9 Å². The van der Waals surface area contributed by atoms with Crippen LogP contribution in [0.4, 0.5) is 8.78 Å². The van der Waals surface area contributed by atoms with E-state index in [1.165, 1.54) is 13.2 Å². The Hall–Kier alpha value is -1.14. The first kappa shape index (κ1) is 14.3. The molecule has 6 heteroatoms. The lowest BCUT2D eigenvalue weighted by molar-refractivity contribution is 0.00578. The van der Waals surface area contributed by atoms with Crippen molar-refractivity contribution in [3.05, 3.63) is 23.8 Å². The van der Waals surface area contributed by atoms with Gasteiger partial charge in [0.25, 0.3) is 0 Å². The molecule has 1 aliphatic rings. The van der Waals surface area contributed by atoms with Crippen LogP contribution in [0.15, 0.2) is 12.1 Å². The number of rotatable bonds is 2. The van der Waals surface area contributed by atoms with E-state index in [-0.39, 0.29) is 5.75 Å². The van der Waals surface area contributed by atoms with Crippen molar-refractivity contribution in [3.8, 4) is 5.75 Å². The number of halogens is 2. The minimum Gasteiger partial charge on any atom is -0.494 e. The van der Waals surface area contributed by atoms with Gasteiger partial charge in [-0.1, -0.05) is 0 Å². The van der Waals surface area contributed by atoms with Gasteiger partial charge in [0.15, 0.2) is 11.6 Å². The van der Waals surface area contributed by atoms with Gasteiger partial charge in [-0.3, -0.25) is 0 Å². The molecule has 0 spiro atoms. The molecule has 0 bridgehead atoms. The molecule has 1 heterocycles. The highest BCUT2D eigenvalue weighted by Crippen LogP contribution is 2.36. The van der Waals surface area contributed by atoms with E-state index in [2.05, 4.69) is 0 Å². The molecule has 0 aliphatic carbocycles. The second-order valence-electron chi connectivity index (χ2n) is 5.61. The van der Waals surface area contributed by atoms with Gasteiger partial charge >= 0.3 is 7.12 Å². The summed E-state index contributed by atoms with van der Waals surface area (Å²) in [4.78, 5) is 0. The molecule has 1 aliphatic heterocycles. The maximum absolute atomic E-state index is 13.5. The summed E-state index contributed by atoms with van der Waals surface area (Å²) in [6.45, 7) is 7.57. The molecule has 19 heavy (non-hydrogen) atoms. The third-order valence-corrected chi connectivity index (χ3v) is 3.76. The van der Waals surface area contributed by atoms with Crippen LogP contribution in [-0.4, -0.2) is 25.4 Å². The predicted octanol–water partition coefficient (Wildman–Crippen LogP) is 2.27. The van der Waals surface area contributed by atoms with Crippen LogP contribution in [0.3, 0.4) is 0 Å². The largest absolute Gasteiger partial charge is 0.495 e. The van der Waals surface area contributed by atoms with Gasteiger partial charge in [-0.15, -0.1) is 0 Å². The molecule has 0 radical (unpaired) electrons. The average Bonchev–Trinajstić information content (AvgIpc) is 2.52. The Kier molecular flexibility index (Phi) is 3.35. The first-order valence-corrected chi connectivity index (χ1v) is 6.06. The SMILES string of the molecule is COc1cc(B2OC(C)(C)C(C)(C)O2)cc(F)c1F. The Bertz CT molecular complexity index is 487. The first-order chi connectivity index (χ1) is 8.68.